The molecule has 2 rings (SSSR count). The van der Waals surface area contributed by atoms with Gasteiger partial charge in [0, 0.05) is 12.2 Å². The molecule has 1 aromatic carbocycles. The number of hydrogen-bond acceptors (Lipinski definition) is 3. The van der Waals surface area contributed by atoms with E-state index in [1.807, 2.05) is 0 Å². The van der Waals surface area contributed by atoms with Crippen molar-refractivity contribution < 1.29 is 4.79 Å². The normalized spacial score (nSPS) is 19.2. The Balaban J connectivity index is 1.84. The van der Waals surface area contributed by atoms with Crippen molar-refractivity contribution in [3.05, 3.63) is 23.2 Å². The van der Waals surface area contributed by atoms with Crippen LogP contribution in [0.15, 0.2) is 18.2 Å². The minimum atomic E-state index is -0.0196. The van der Waals surface area contributed by atoms with E-state index in [0.29, 0.717) is 22.9 Å². The standard InChI is InChI=1S/C15H22ClN3O/c1-2-3-11-6-7-19(9-11)10-15(20)18-14-5-4-12(17)8-13(14)16/h4-5,8,11H,2-3,6-7,9-10,17H2,1H3,(H,18,20). The summed E-state index contributed by atoms with van der Waals surface area (Å²) in [7, 11) is 0. The van der Waals surface area contributed by atoms with Crippen molar-refractivity contribution in [2.24, 2.45) is 5.92 Å². The van der Waals surface area contributed by atoms with Gasteiger partial charge in [0.25, 0.3) is 0 Å². The SMILES string of the molecule is CCCC1CCN(CC(=O)Nc2ccc(N)cc2Cl)C1. The highest BCUT2D eigenvalue weighted by atomic mass is 35.5. The molecule has 1 aromatic rings. The van der Waals surface area contributed by atoms with Crippen LogP contribution >= 0.6 is 11.6 Å². The molecule has 0 bridgehead atoms. The van der Waals surface area contributed by atoms with Crippen molar-refractivity contribution in [1.29, 1.82) is 0 Å². The third kappa shape index (κ3) is 4.12. The zero-order valence-electron chi connectivity index (χ0n) is 11.9. The monoisotopic (exact) mass is 295 g/mol. The Kier molecular flexibility index (Phi) is 5.26. The number of amides is 1. The highest BCUT2D eigenvalue weighted by molar-refractivity contribution is 6.34. The lowest BCUT2D eigenvalue weighted by Crippen LogP contribution is -2.31. The lowest BCUT2D eigenvalue weighted by Gasteiger charge is -2.16. The second kappa shape index (κ2) is 6.95. The van der Waals surface area contributed by atoms with Crippen molar-refractivity contribution in [2.75, 3.05) is 30.7 Å². The number of halogens is 1. The van der Waals surface area contributed by atoms with Crippen molar-refractivity contribution in [1.82, 2.24) is 4.90 Å². The summed E-state index contributed by atoms with van der Waals surface area (Å²) >= 11 is 6.05. The van der Waals surface area contributed by atoms with Gasteiger partial charge in [0.1, 0.15) is 0 Å². The summed E-state index contributed by atoms with van der Waals surface area (Å²) in [6.45, 7) is 4.67. The van der Waals surface area contributed by atoms with E-state index in [1.54, 1.807) is 18.2 Å². The Labute approximate surface area is 125 Å². The van der Waals surface area contributed by atoms with Crippen LogP contribution in [0.1, 0.15) is 26.2 Å². The number of anilines is 2. The fourth-order valence-corrected chi connectivity index (χ4v) is 2.96. The average molecular weight is 296 g/mol. The van der Waals surface area contributed by atoms with Crippen molar-refractivity contribution in [3.8, 4) is 0 Å². The number of nitrogens with zero attached hydrogens (tertiary/aromatic N) is 1. The van der Waals surface area contributed by atoms with Crippen LogP contribution in [-0.2, 0) is 4.79 Å². The Hall–Kier alpha value is -1.26. The molecule has 0 aliphatic carbocycles. The van der Waals surface area contributed by atoms with E-state index in [0.717, 1.165) is 19.0 Å². The molecule has 1 atom stereocenters. The molecule has 1 aliphatic rings. The lowest BCUT2D eigenvalue weighted by atomic mass is 10.0. The van der Waals surface area contributed by atoms with Gasteiger partial charge in [0.05, 0.1) is 17.3 Å². The predicted molar refractivity (Wildman–Crippen MR) is 83.9 cm³/mol. The minimum absolute atomic E-state index is 0.0196. The summed E-state index contributed by atoms with van der Waals surface area (Å²) in [6.07, 6.45) is 3.66. The number of nitrogens with two attached hydrogens (primary N) is 1. The molecule has 1 heterocycles. The van der Waals surface area contributed by atoms with Crippen molar-refractivity contribution in [3.63, 3.8) is 0 Å². The first-order valence-corrected chi connectivity index (χ1v) is 7.53. The zero-order chi connectivity index (χ0) is 14.5. The van der Waals surface area contributed by atoms with Gasteiger partial charge < -0.3 is 11.1 Å². The van der Waals surface area contributed by atoms with Crippen molar-refractivity contribution >= 4 is 28.9 Å². The Morgan fingerprint density at radius 1 is 1.55 bits per heavy atom. The average Bonchev–Trinajstić information content (AvgIpc) is 2.81. The molecule has 0 aromatic heterocycles. The number of nitrogen functional groups attached to an aromatic ring is 1. The fraction of sp³-hybridized carbons (Fsp3) is 0.533. The first kappa shape index (κ1) is 15.1. The molecule has 0 spiro atoms. The second-order valence-electron chi connectivity index (χ2n) is 5.47. The van der Waals surface area contributed by atoms with Gasteiger partial charge in [-0.05, 0) is 43.5 Å². The number of likely N-dealkylation sites (tertiary alicyclic amines) is 1. The smallest absolute Gasteiger partial charge is 0.238 e. The van der Waals surface area contributed by atoms with Gasteiger partial charge in [0.2, 0.25) is 5.91 Å². The number of carbonyl (C=O) groups is 1. The van der Waals surface area contributed by atoms with E-state index >= 15 is 0 Å². The summed E-state index contributed by atoms with van der Waals surface area (Å²) in [6, 6.07) is 5.11. The van der Waals surface area contributed by atoms with E-state index in [4.69, 9.17) is 17.3 Å². The molecule has 0 saturated carbocycles. The van der Waals surface area contributed by atoms with Gasteiger partial charge in [0.15, 0.2) is 0 Å². The Bertz CT molecular complexity index is 478. The third-order valence-corrected chi connectivity index (χ3v) is 4.01. The minimum Gasteiger partial charge on any atom is -0.399 e. The quantitative estimate of drug-likeness (QED) is 0.821. The van der Waals surface area contributed by atoms with Crippen LogP contribution < -0.4 is 11.1 Å². The molecule has 1 fully saturated rings. The number of hydrogen-bond donors (Lipinski definition) is 2. The first-order valence-electron chi connectivity index (χ1n) is 7.15. The molecule has 5 heteroatoms. The predicted octanol–water partition coefficient (Wildman–Crippen LogP) is 2.98. The van der Waals surface area contributed by atoms with Crippen LogP contribution in [0.25, 0.3) is 0 Å². The number of carbonyl (C=O) groups excluding carboxylic acids is 1. The van der Waals surface area contributed by atoms with Crippen LogP contribution in [0.2, 0.25) is 5.02 Å². The van der Waals surface area contributed by atoms with Crippen LogP contribution in [0.3, 0.4) is 0 Å². The van der Waals surface area contributed by atoms with Gasteiger partial charge in [-0.1, -0.05) is 24.9 Å². The molecule has 1 unspecified atom stereocenters. The van der Waals surface area contributed by atoms with Gasteiger partial charge >= 0.3 is 0 Å². The first-order chi connectivity index (χ1) is 9.58. The van der Waals surface area contributed by atoms with Crippen LogP contribution in [0.4, 0.5) is 11.4 Å². The second-order valence-corrected chi connectivity index (χ2v) is 5.87. The molecule has 4 nitrogen and oxygen atoms in total. The molecular weight excluding hydrogens is 274 g/mol. The maximum Gasteiger partial charge on any atom is 0.238 e. The van der Waals surface area contributed by atoms with Gasteiger partial charge in [-0.15, -0.1) is 0 Å². The molecule has 3 N–H and O–H groups in total. The summed E-state index contributed by atoms with van der Waals surface area (Å²) in [4.78, 5) is 14.2. The van der Waals surface area contributed by atoms with Gasteiger partial charge in [-0.2, -0.15) is 0 Å². The molecule has 1 aliphatic heterocycles. The highest BCUT2D eigenvalue weighted by Gasteiger charge is 2.23. The Morgan fingerprint density at radius 2 is 2.35 bits per heavy atom. The van der Waals surface area contributed by atoms with E-state index in [-0.39, 0.29) is 5.91 Å². The van der Waals surface area contributed by atoms with E-state index in [1.165, 1.54) is 19.3 Å². The number of benzene rings is 1. The van der Waals surface area contributed by atoms with Crippen LogP contribution in [-0.4, -0.2) is 30.4 Å². The van der Waals surface area contributed by atoms with E-state index < -0.39 is 0 Å². The highest BCUT2D eigenvalue weighted by Crippen LogP contribution is 2.24. The largest absolute Gasteiger partial charge is 0.399 e. The molecular formula is C15H22ClN3O. The van der Waals surface area contributed by atoms with Crippen molar-refractivity contribution in [2.45, 2.75) is 26.2 Å². The topological polar surface area (TPSA) is 58.4 Å². The molecule has 110 valence electrons. The number of nitrogens with one attached hydrogen (secondary N) is 1. The summed E-state index contributed by atoms with van der Waals surface area (Å²) in [5.74, 6) is 0.724. The summed E-state index contributed by atoms with van der Waals surface area (Å²) < 4.78 is 0. The molecule has 1 saturated heterocycles. The van der Waals surface area contributed by atoms with Gasteiger partial charge in [-0.3, -0.25) is 9.69 Å². The van der Waals surface area contributed by atoms with E-state index in [2.05, 4.69) is 17.1 Å². The lowest BCUT2D eigenvalue weighted by molar-refractivity contribution is -0.117. The van der Waals surface area contributed by atoms with Crippen LogP contribution in [0.5, 0.6) is 0 Å². The maximum atomic E-state index is 12.0. The molecule has 0 radical (unpaired) electrons. The van der Waals surface area contributed by atoms with Gasteiger partial charge in [-0.25, -0.2) is 0 Å². The number of rotatable bonds is 5. The zero-order valence-corrected chi connectivity index (χ0v) is 12.6. The Morgan fingerprint density at radius 3 is 3.05 bits per heavy atom. The summed E-state index contributed by atoms with van der Waals surface area (Å²) in [5, 5.41) is 3.32. The fourth-order valence-electron chi connectivity index (χ4n) is 2.73. The van der Waals surface area contributed by atoms with Crippen LogP contribution in [0, 0.1) is 5.92 Å². The molecule has 1 amide bonds. The molecule has 20 heavy (non-hydrogen) atoms. The summed E-state index contributed by atoms with van der Waals surface area (Å²) in [5.41, 5.74) is 6.84. The van der Waals surface area contributed by atoms with E-state index in [9.17, 15) is 4.79 Å². The third-order valence-electron chi connectivity index (χ3n) is 3.70. The maximum absolute atomic E-state index is 12.0.